The standard InChI is InChI=1S/C16H17BrN2O/c1-10-8-9-18-15(10)16(20)19-14-7-6-13(17)11-4-2-3-5-12(11)14/h2-7,10,15,18H,8-9H2,1H3,(H,19,20). The molecule has 0 radical (unpaired) electrons. The summed E-state index contributed by atoms with van der Waals surface area (Å²) in [6, 6.07) is 11.9. The molecule has 20 heavy (non-hydrogen) atoms. The molecule has 104 valence electrons. The molecule has 0 bridgehead atoms. The highest BCUT2D eigenvalue weighted by Crippen LogP contribution is 2.30. The van der Waals surface area contributed by atoms with Gasteiger partial charge >= 0.3 is 0 Å². The lowest BCUT2D eigenvalue weighted by Gasteiger charge is -2.16. The van der Waals surface area contributed by atoms with Crippen LogP contribution in [0.15, 0.2) is 40.9 Å². The summed E-state index contributed by atoms with van der Waals surface area (Å²) in [5, 5.41) is 8.49. The lowest BCUT2D eigenvalue weighted by atomic mass is 10.0. The van der Waals surface area contributed by atoms with Crippen molar-refractivity contribution < 1.29 is 4.79 Å². The molecule has 0 aliphatic carbocycles. The van der Waals surface area contributed by atoms with E-state index in [1.807, 2.05) is 36.4 Å². The van der Waals surface area contributed by atoms with E-state index in [1.54, 1.807) is 0 Å². The Labute approximate surface area is 126 Å². The first-order chi connectivity index (χ1) is 9.66. The first-order valence-electron chi connectivity index (χ1n) is 6.88. The minimum absolute atomic E-state index is 0.0578. The van der Waals surface area contributed by atoms with Crippen molar-refractivity contribution >= 4 is 38.3 Å². The molecule has 2 N–H and O–H groups in total. The molecule has 2 atom stereocenters. The Morgan fingerprint density at radius 1 is 1.25 bits per heavy atom. The molecule has 2 aromatic rings. The van der Waals surface area contributed by atoms with Crippen LogP contribution in [0.5, 0.6) is 0 Å². The Morgan fingerprint density at radius 2 is 2.00 bits per heavy atom. The summed E-state index contributed by atoms with van der Waals surface area (Å²) in [5.74, 6) is 0.444. The summed E-state index contributed by atoms with van der Waals surface area (Å²) in [5.41, 5.74) is 0.870. The second kappa shape index (κ2) is 5.54. The summed E-state index contributed by atoms with van der Waals surface area (Å²) in [4.78, 5) is 12.4. The Bertz CT molecular complexity index is 656. The van der Waals surface area contributed by atoms with Gasteiger partial charge in [-0.1, -0.05) is 47.1 Å². The Hall–Kier alpha value is -1.39. The molecular formula is C16H17BrN2O. The highest BCUT2D eigenvalue weighted by molar-refractivity contribution is 9.10. The molecule has 1 heterocycles. The maximum absolute atomic E-state index is 12.4. The largest absolute Gasteiger partial charge is 0.324 e. The van der Waals surface area contributed by atoms with Crippen molar-refractivity contribution in [1.29, 1.82) is 0 Å². The molecule has 4 heteroatoms. The van der Waals surface area contributed by atoms with Crippen molar-refractivity contribution in [2.45, 2.75) is 19.4 Å². The number of anilines is 1. The van der Waals surface area contributed by atoms with Crippen LogP contribution < -0.4 is 10.6 Å². The maximum Gasteiger partial charge on any atom is 0.241 e. The molecular weight excluding hydrogens is 316 g/mol. The molecule has 0 aromatic heterocycles. The van der Waals surface area contributed by atoms with Crippen LogP contribution in [-0.2, 0) is 4.79 Å². The van der Waals surface area contributed by atoms with Gasteiger partial charge in [0.1, 0.15) is 0 Å². The van der Waals surface area contributed by atoms with Crippen LogP contribution in [0, 0.1) is 5.92 Å². The summed E-state index contributed by atoms with van der Waals surface area (Å²) >= 11 is 3.55. The van der Waals surface area contributed by atoms with E-state index in [0.717, 1.165) is 33.9 Å². The molecule has 3 rings (SSSR count). The van der Waals surface area contributed by atoms with Gasteiger partial charge in [0.25, 0.3) is 0 Å². The van der Waals surface area contributed by atoms with Crippen LogP contribution in [0.2, 0.25) is 0 Å². The van der Waals surface area contributed by atoms with E-state index in [9.17, 15) is 4.79 Å². The van der Waals surface area contributed by atoms with Crippen LogP contribution in [0.1, 0.15) is 13.3 Å². The fraction of sp³-hybridized carbons (Fsp3) is 0.312. The SMILES string of the molecule is CC1CCNC1C(=O)Nc1ccc(Br)c2ccccc12. The molecule has 0 saturated carbocycles. The molecule has 1 saturated heterocycles. The summed E-state index contributed by atoms with van der Waals surface area (Å²) in [7, 11) is 0. The topological polar surface area (TPSA) is 41.1 Å². The number of nitrogens with one attached hydrogen (secondary N) is 2. The van der Waals surface area contributed by atoms with E-state index in [-0.39, 0.29) is 11.9 Å². The van der Waals surface area contributed by atoms with Gasteiger partial charge in [-0.15, -0.1) is 0 Å². The van der Waals surface area contributed by atoms with Gasteiger partial charge in [0.15, 0.2) is 0 Å². The molecule has 3 nitrogen and oxygen atoms in total. The van der Waals surface area contributed by atoms with Gasteiger partial charge < -0.3 is 10.6 Å². The van der Waals surface area contributed by atoms with Gasteiger partial charge in [0.05, 0.1) is 6.04 Å². The molecule has 2 unspecified atom stereocenters. The summed E-state index contributed by atoms with van der Waals surface area (Å²) < 4.78 is 1.04. The number of benzene rings is 2. The lowest BCUT2D eigenvalue weighted by Crippen LogP contribution is -2.39. The third-order valence-corrected chi connectivity index (χ3v) is 4.64. The minimum Gasteiger partial charge on any atom is -0.324 e. The zero-order chi connectivity index (χ0) is 14.1. The molecule has 1 amide bonds. The summed E-state index contributed by atoms with van der Waals surface area (Å²) in [6.45, 7) is 3.03. The highest BCUT2D eigenvalue weighted by atomic mass is 79.9. The average Bonchev–Trinajstić information content (AvgIpc) is 2.88. The van der Waals surface area contributed by atoms with Gasteiger partial charge in [0.2, 0.25) is 5.91 Å². The first-order valence-corrected chi connectivity index (χ1v) is 7.67. The number of carbonyl (C=O) groups excluding carboxylic acids is 1. The number of halogens is 1. The third-order valence-electron chi connectivity index (χ3n) is 3.94. The average molecular weight is 333 g/mol. The fourth-order valence-electron chi connectivity index (χ4n) is 2.77. The third kappa shape index (κ3) is 2.45. The van der Waals surface area contributed by atoms with Crippen molar-refractivity contribution in [3.63, 3.8) is 0 Å². The van der Waals surface area contributed by atoms with Crippen LogP contribution in [0.25, 0.3) is 10.8 Å². The Balaban J connectivity index is 1.91. The van der Waals surface area contributed by atoms with Crippen LogP contribution in [0.3, 0.4) is 0 Å². The number of fused-ring (bicyclic) bond motifs is 1. The van der Waals surface area contributed by atoms with E-state index in [1.165, 1.54) is 0 Å². The zero-order valence-corrected chi connectivity index (χ0v) is 12.9. The van der Waals surface area contributed by atoms with Crippen molar-refractivity contribution in [3.05, 3.63) is 40.9 Å². The highest BCUT2D eigenvalue weighted by Gasteiger charge is 2.29. The molecule has 1 aliphatic rings. The fourth-order valence-corrected chi connectivity index (χ4v) is 3.25. The lowest BCUT2D eigenvalue weighted by molar-refractivity contribution is -0.118. The van der Waals surface area contributed by atoms with Gasteiger partial charge in [0, 0.05) is 15.5 Å². The Morgan fingerprint density at radius 3 is 2.70 bits per heavy atom. The number of hydrogen-bond acceptors (Lipinski definition) is 2. The predicted octanol–water partition coefficient (Wildman–Crippen LogP) is 3.54. The molecule has 2 aromatic carbocycles. The summed E-state index contributed by atoms with van der Waals surface area (Å²) in [6.07, 6.45) is 1.05. The minimum atomic E-state index is -0.0857. The number of hydrogen-bond donors (Lipinski definition) is 2. The predicted molar refractivity (Wildman–Crippen MR) is 85.8 cm³/mol. The molecule has 0 spiro atoms. The number of amides is 1. The monoisotopic (exact) mass is 332 g/mol. The van der Waals surface area contributed by atoms with Crippen molar-refractivity contribution in [3.8, 4) is 0 Å². The van der Waals surface area contributed by atoms with Crippen LogP contribution in [0.4, 0.5) is 5.69 Å². The Kier molecular flexibility index (Phi) is 3.76. The van der Waals surface area contributed by atoms with Crippen LogP contribution >= 0.6 is 15.9 Å². The van der Waals surface area contributed by atoms with E-state index in [4.69, 9.17) is 0 Å². The first kappa shape index (κ1) is 13.6. The second-order valence-electron chi connectivity index (χ2n) is 5.33. The van der Waals surface area contributed by atoms with Crippen LogP contribution in [-0.4, -0.2) is 18.5 Å². The second-order valence-corrected chi connectivity index (χ2v) is 6.18. The normalized spacial score (nSPS) is 22.1. The van der Waals surface area contributed by atoms with Crippen molar-refractivity contribution in [2.24, 2.45) is 5.92 Å². The molecule has 1 aliphatic heterocycles. The van der Waals surface area contributed by atoms with E-state index in [2.05, 4.69) is 33.5 Å². The quantitative estimate of drug-likeness (QED) is 0.883. The van der Waals surface area contributed by atoms with Crippen molar-refractivity contribution in [2.75, 3.05) is 11.9 Å². The number of rotatable bonds is 2. The van der Waals surface area contributed by atoms with E-state index >= 15 is 0 Å². The van der Waals surface area contributed by atoms with E-state index < -0.39 is 0 Å². The molecule has 1 fully saturated rings. The van der Waals surface area contributed by atoms with Gasteiger partial charge in [-0.3, -0.25) is 4.79 Å². The van der Waals surface area contributed by atoms with Gasteiger partial charge in [-0.25, -0.2) is 0 Å². The van der Waals surface area contributed by atoms with Gasteiger partial charge in [-0.05, 0) is 36.4 Å². The van der Waals surface area contributed by atoms with E-state index in [0.29, 0.717) is 5.92 Å². The van der Waals surface area contributed by atoms with Crippen molar-refractivity contribution in [1.82, 2.24) is 5.32 Å². The zero-order valence-electron chi connectivity index (χ0n) is 11.3. The maximum atomic E-state index is 12.4. The number of carbonyl (C=O) groups is 1. The smallest absolute Gasteiger partial charge is 0.241 e. The van der Waals surface area contributed by atoms with Gasteiger partial charge in [-0.2, -0.15) is 0 Å².